The first-order valence-corrected chi connectivity index (χ1v) is 7.37. The molecule has 1 N–H and O–H groups in total. The van der Waals surface area contributed by atoms with E-state index < -0.39 is 5.54 Å². The molecule has 114 valence electrons. The minimum absolute atomic E-state index is 0.0531. The lowest BCUT2D eigenvalue weighted by Crippen LogP contribution is -2.53. The minimum atomic E-state index is -0.580. The van der Waals surface area contributed by atoms with Gasteiger partial charge < -0.3 is 14.6 Å². The van der Waals surface area contributed by atoms with E-state index in [4.69, 9.17) is 4.42 Å². The standard InChI is InChI=1S/C17H24N2O2/c1-6-18-17(3,4)16(20)19(5)12(2)15-11-13-9-7-8-10-14(13)21-15/h7-12,18H,6H2,1-5H3. The lowest BCUT2D eigenvalue weighted by molar-refractivity contribution is -0.138. The van der Waals surface area contributed by atoms with Crippen molar-refractivity contribution in [1.29, 1.82) is 0 Å². The van der Waals surface area contributed by atoms with E-state index in [2.05, 4.69) is 5.32 Å². The van der Waals surface area contributed by atoms with Crippen LogP contribution >= 0.6 is 0 Å². The summed E-state index contributed by atoms with van der Waals surface area (Å²) in [4.78, 5) is 14.3. The summed E-state index contributed by atoms with van der Waals surface area (Å²) in [7, 11) is 1.82. The molecule has 1 aromatic heterocycles. The van der Waals surface area contributed by atoms with E-state index in [1.165, 1.54) is 0 Å². The third-order valence-corrected chi connectivity index (χ3v) is 3.91. The van der Waals surface area contributed by atoms with E-state index >= 15 is 0 Å². The van der Waals surface area contributed by atoms with E-state index in [0.717, 1.165) is 23.3 Å². The van der Waals surface area contributed by atoms with Crippen LogP contribution in [0, 0.1) is 0 Å². The monoisotopic (exact) mass is 288 g/mol. The van der Waals surface area contributed by atoms with E-state index in [9.17, 15) is 4.79 Å². The van der Waals surface area contributed by atoms with Crippen LogP contribution in [0.1, 0.15) is 39.5 Å². The fraction of sp³-hybridized carbons (Fsp3) is 0.471. The highest BCUT2D eigenvalue weighted by molar-refractivity contribution is 5.86. The number of hydrogen-bond donors (Lipinski definition) is 1. The molecule has 4 heteroatoms. The molecule has 0 bridgehead atoms. The van der Waals surface area contributed by atoms with E-state index in [-0.39, 0.29) is 11.9 Å². The molecular weight excluding hydrogens is 264 g/mol. The zero-order valence-electron chi connectivity index (χ0n) is 13.4. The average molecular weight is 288 g/mol. The van der Waals surface area contributed by atoms with Crippen LogP contribution in [0.15, 0.2) is 34.7 Å². The summed E-state index contributed by atoms with van der Waals surface area (Å²) in [6.45, 7) is 8.54. The van der Waals surface area contributed by atoms with Crippen molar-refractivity contribution >= 4 is 16.9 Å². The first-order chi connectivity index (χ1) is 9.86. The maximum atomic E-state index is 12.6. The molecule has 1 aromatic carbocycles. The van der Waals surface area contributed by atoms with Gasteiger partial charge in [0.15, 0.2) is 0 Å². The molecule has 0 radical (unpaired) electrons. The quantitative estimate of drug-likeness (QED) is 0.917. The number of rotatable bonds is 5. The fourth-order valence-corrected chi connectivity index (χ4v) is 2.53. The second-order valence-electron chi connectivity index (χ2n) is 5.93. The van der Waals surface area contributed by atoms with Crippen LogP contribution in [0.4, 0.5) is 0 Å². The normalized spacial score (nSPS) is 13.4. The molecule has 0 aliphatic carbocycles. The summed E-state index contributed by atoms with van der Waals surface area (Å²) in [6.07, 6.45) is 0. The van der Waals surface area contributed by atoms with Gasteiger partial charge in [-0.05, 0) is 39.4 Å². The molecule has 21 heavy (non-hydrogen) atoms. The summed E-state index contributed by atoms with van der Waals surface area (Å²) in [5, 5.41) is 4.27. The Labute approximate surface area is 126 Å². The summed E-state index contributed by atoms with van der Waals surface area (Å²) in [6, 6.07) is 9.78. The summed E-state index contributed by atoms with van der Waals surface area (Å²) in [5.74, 6) is 0.858. The average Bonchev–Trinajstić information content (AvgIpc) is 2.88. The number of furan rings is 1. The summed E-state index contributed by atoms with van der Waals surface area (Å²) >= 11 is 0. The van der Waals surface area contributed by atoms with Crippen molar-refractivity contribution < 1.29 is 9.21 Å². The van der Waals surface area contributed by atoms with Gasteiger partial charge in [0.1, 0.15) is 11.3 Å². The number of fused-ring (bicyclic) bond motifs is 1. The number of nitrogens with one attached hydrogen (secondary N) is 1. The molecule has 1 unspecified atom stereocenters. The van der Waals surface area contributed by atoms with E-state index in [1.54, 1.807) is 4.90 Å². The molecular formula is C17H24N2O2. The number of likely N-dealkylation sites (N-methyl/N-ethyl adjacent to an activating group) is 2. The Bertz CT molecular complexity index is 598. The number of benzene rings is 1. The molecule has 0 spiro atoms. The van der Waals surface area contributed by atoms with Crippen LogP contribution in [-0.2, 0) is 4.79 Å². The van der Waals surface area contributed by atoms with Gasteiger partial charge in [0.2, 0.25) is 5.91 Å². The third-order valence-electron chi connectivity index (χ3n) is 3.91. The first kappa shape index (κ1) is 15.6. The molecule has 2 aromatic rings. The molecule has 0 saturated carbocycles. The van der Waals surface area contributed by atoms with Crippen molar-refractivity contribution in [2.24, 2.45) is 0 Å². The zero-order valence-corrected chi connectivity index (χ0v) is 13.4. The Morgan fingerprint density at radius 2 is 2.05 bits per heavy atom. The maximum Gasteiger partial charge on any atom is 0.242 e. The molecule has 2 rings (SSSR count). The summed E-state index contributed by atoms with van der Waals surface area (Å²) < 4.78 is 5.86. The Balaban J connectivity index is 2.22. The Hall–Kier alpha value is -1.81. The highest BCUT2D eigenvalue weighted by Gasteiger charge is 2.32. The second kappa shape index (κ2) is 5.90. The molecule has 4 nitrogen and oxygen atoms in total. The van der Waals surface area contributed by atoms with E-state index in [0.29, 0.717) is 0 Å². The lowest BCUT2D eigenvalue weighted by Gasteiger charge is -2.32. The Kier molecular flexibility index (Phi) is 4.37. The van der Waals surface area contributed by atoms with Crippen molar-refractivity contribution in [2.75, 3.05) is 13.6 Å². The number of amides is 1. The van der Waals surface area contributed by atoms with Gasteiger partial charge in [-0.25, -0.2) is 0 Å². The van der Waals surface area contributed by atoms with Crippen molar-refractivity contribution in [3.05, 3.63) is 36.1 Å². The number of nitrogens with zero attached hydrogens (tertiary/aromatic N) is 1. The molecule has 1 atom stereocenters. The molecule has 1 amide bonds. The van der Waals surface area contributed by atoms with Gasteiger partial charge in [0.05, 0.1) is 11.6 Å². The van der Waals surface area contributed by atoms with Crippen LogP contribution in [0.3, 0.4) is 0 Å². The fourth-order valence-electron chi connectivity index (χ4n) is 2.53. The third kappa shape index (κ3) is 3.10. The van der Waals surface area contributed by atoms with Crippen molar-refractivity contribution in [3.63, 3.8) is 0 Å². The van der Waals surface area contributed by atoms with E-state index in [1.807, 2.05) is 65.1 Å². The highest BCUT2D eigenvalue weighted by Crippen LogP contribution is 2.27. The topological polar surface area (TPSA) is 45.5 Å². The molecule has 0 fully saturated rings. The van der Waals surface area contributed by atoms with Gasteiger partial charge in [-0.15, -0.1) is 0 Å². The predicted octanol–water partition coefficient (Wildman–Crippen LogP) is 3.34. The van der Waals surface area contributed by atoms with Crippen molar-refractivity contribution in [2.45, 2.75) is 39.3 Å². The Morgan fingerprint density at radius 3 is 2.67 bits per heavy atom. The van der Waals surface area contributed by atoms with Crippen LogP contribution in [0.25, 0.3) is 11.0 Å². The molecule has 1 heterocycles. The van der Waals surface area contributed by atoms with Crippen molar-refractivity contribution in [3.8, 4) is 0 Å². The van der Waals surface area contributed by atoms with Crippen LogP contribution in [0.5, 0.6) is 0 Å². The minimum Gasteiger partial charge on any atom is -0.459 e. The van der Waals surface area contributed by atoms with Gasteiger partial charge in [-0.3, -0.25) is 4.79 Å². The molecule has 0 saturated heterocycles. The number of para-hydroxylation sites is 1. The van der Waals surface area contributed by atoms with Crippen LogP contribution < -0.4 is 5.32 Å². The number of carbonyl (C=O) groups is 1. The van der Waals surface area contributed by atoms with Gasteiger partial charge in [0, 0.05) is 12.4 Å². The second-order valence-corrected chi connectivity index (χ2v) is 5.93. The highest BCUT2D eigenvalue weighted by atomic mass is 16.3. The maximum absolute atomic E-state index is 12.6. The number of hydrogen-bond acceptors (Lipinski definition) is 3. The smallest absolute Gasteiger partial charge is 0.242 e. The predicted molar refractivity (Wildman–Crippen MR) is 85.2 cm³/mol. The molecule has 0 aliphatic rings. The number of carbonyl (C=O) groups excluding carboxylic acids is 1. The SMILES string of the molecule is CCNC(C)(C)C(=O)N(C)C(C)c1cc2ccccc2o1. The van der Waals surface area contributed by atoms with Gasteiger partial charge in [0.25, 0.3) is 0 Å². The van der Waals surface area contributed by atoms with Gasteiger partial charge >= 0.3 is 0 Å². The van der Waals surface area contributed by atoms with Crippen LogP contribution in [-0.4, -0.2) is 29.9 Å². The van der Waals surface area contributed by atoms with Gasteiger partial charge in [-0.2, -0.15) is 0 Å². The Morgan fingerprint density at radius 1 is 1.38 bits per heavy atom. The first-order valence-electron chi connectivity index (χ1n) is 7.37. The molecule has 0 aliphatic heterocycles. The van der Waals surface area contributed by atoms with Gasteiger partial charge in [-0.1, -0.05) is 25.1 Å². The lowest BCUT2D eigenvalue weighted by atomic mass is 10.0. The van der Waals surface area contributed by atoms with Crippen LogP contribution in [0.2, 0.25) is 0 Å². The van der Waals surface area contributed by atoms with Crippen molar-refractivity contribution in [1.82, 2.24) is 10.2 Å². The summed E-state index contributed by atoms with van der Waals surface area (Å²) in [5.41, 5.74) is 0.273. The largest absolute Gasteiger partial charge is 0.459 e. The zero-order chi connectivity index (χ0) is 15.6.